The minimum atomic E-state index is -4.14. The highest BCUT2D eigenvalue weighted by molar-refractivity contribution is 7.58. The molecule has 0 aliphatic carbocycles. The van der Waals surface area contributed by atoms with Crippen LogP contribution in [0.4, 0.5) is 0 Å². The van der Waals surface area contributed by atoms with Crippen LogP contribution in [0.25, 0.3) is 0 Å². The van der Waals surface area contributed by atoms with E-state index in [4.69, 9.17) is 32.7 Å². The minimum absolute atomic E-state index is 0.0497. The second-order valence-electron chi connectivity index (χ2n) is 7.75. The van der Waals surface area contributed by atoms with Crippen LogP contribution in [0, 0.1) is 0 Å². The highest BCUT2D eigenvalue weighted by Crippen LogP contribution is 2.58. The van der Waals surface area contributed by atoms with E-state index in [-0.39, 0.29) is 18.7 Å². The van der Waals surface area contributed by atoms with Crippen molar-refractivity contribution in [2.24, 2.45) is 0 Å². The van der Waals surface area contributed by atoms with Crippen LogP contribution in [-0.4, -0.2) is 80.1 Å². The monoisotopic (exact) mass is 551 g/mol. The zero-order valence-electron chi connectivity index (χ0n) is 21.8. The van der Waals surface area contributed by atoms with E-state index in [0.717, 1.165) is 33.8 Å². The summed E-state index contributed by atoms with van der Waals surface area (Å²) in [6.45, 7) is 8.00. The molecule has 37 heavy (non-hydrogen) atoms. The van der Waals surface area contributed by atoms with E-state index in [1.165, 1.54) is 6.92 Å². The number of amides is 1. The molecule has 5 atom stereocenters. The fourth-order valence-electron chi connectivity index (χ4n) is 3.47. The second-order valence-corrected chi connectivity index (χ2v) is 9.70. The first-order chi connectivity index (χ1) is 17.2. The summed E-state index contributed by atoms with van der Waals surface area (Å²) in [7, 11) is -4.14. The normalized spacial score (nSPS) is 20.8. The quantitative estimate of drug-likeness (QED) is 0.197. The lowest BCUT2D eigenvalue weighted by atomic mass is 9.94. The van der Waals surface area contributed by atoms with Crippen molar-refractivity contribution in [2.45, 2.75) is 78.9 Å². The Bertz CT molecular complexity index is 924. The van der Waals surface area contributed by atoms with Gasteiger partial charge in [-0.1, -0.05) is 0 Å². The van der Waals surface area contributed by atoms with Crippen LogP contribution in [0.1, 0.15) is 48.5 Å². The maximum atomic E-state index is 13.6. The van der Waals surface area contributed by atoms with Gasteiger partial charge in [-0.25, -0.2) is 0 Å². The molecule has 0 aromatic rings. The molecular weight excluding hydrogens is 517 g/mol. The van der Waals surface area contributed by atoms with Crippen molar-refractivity contribution in [3.05, 3.63) is 11.6 Å². The summed E-state index contributed by atoms with van der Waals surface area (Å²) in [6.07, 6.45) is -4.65. The maximum absolute atomic E-state index is 13.6. The van der Waals surface area contributed by atoms with Gasteiger partial charge in [-0.05, 0) is 13.8 Å². The van der Waals surface area contributed by atoms with E-state index in [0.29, 0.717) is 0 Å². The molecule has 15 heteroatoms. The molecule has 0 saturated heterocycles. The molecule has 1 N–H and O–H groups in total. The molecule has 1 heterocycles. The first kappa shape index (κ1) is 32.1. The molecule has 1 amide bonds. The Labute approximate surface area is 214 Å². The van der Waals surface area contributed by atoms with Gasteiger partial charge in [0.1, 0.15) is 18.8 Å². The first-order valence-corrected chi connectivity index (χ1v) is 13.0. The Morgan fingerprint density at radius 3 is 1.92 bits per heavy atom. The summed E-state index contributed by atoms with van der Waals surface area (Å²) < 4.78 is 51.2. The zero-order valence-corrected chi connectivity index (χ0v) is 22.7. The van der Waals surface area contributed by atoms with E-state index in [9.17, 15) is 28.5 Å². The van der Waals surface area contributed by atoms with Crippen molar-refractivity contribution in [2.75, 3.05) is 19.8 Å². The molecule has 0 saturated carbocycles. The van der Waals surface area contributed by atoms with Gasteiger partial charge in [0.05, 0.1) is 13.2 Å². The van der Waals surface area contributed by atoms with Gasteiger partial charge in [-0.2, -0.15) is 0 Å². The Balaban J connectivity index is 3.77. The van der Waals surface area contributed by atoms with Gasteiger partial charge in [0, 0.05) is 40.7 Å². The largest absolute Gasteiger partial charge is 0.476 e. The molecule has 5 unspecified atom stereocenters. The van der Waals surface area contributed by atoms with Gasteiger partial charge < -0.3 is 38.0 Å². The predicted molar refractivity (Wildman–Crippen MR) is 125 cm³/mol. The van der Waals surface area contributed by atoms with Crippen LogP contribution in [0.2, 0.25) is 0 Å². The fraction of sp³-hybridized carbons (Fsp3) is 0.682. The standard InChI is InChI=1S/C22H34NO13P/c1-8-31-37(29,32-9-2)19-10-17(33-14(5)26)20(23-12(3)24)22(36-19)21(35-16(7)28)18(34-15(6)27)11-30-13(4)25/h10,17-18,20-22H,8-9,11H2,1-7H3,(H,23,24). The van der Waals surface area contributed by atoms with Crippen LogP contribution >= 0.6 is 7.60 Å². The summed E-state index contributed by atoms with van der Waals surface area (Å²) in [4.78, 5) is 59.4. The summed E-state index contributed by atoms with van der Waals surface area (Å²) in [5.41, 5.74) is -0.389. The Morgan fingerprint density at radius 1 is 0.919 bits per heavy atom. The van der Waals surface area contributed by atoms with Crippen LogP contribution in [0.15, 0.2) is 11.6 Å². The molecular formula is C22H34NO13P. The summed E-state index contributed by atoms with van der Waals surface area (Å²) in [6, 6.07) is -1.25. The summed E-state index contributed by atoms with van der Waals surface area (Å²) in [5.74, 6) is -3.75. The summed E-state index contributed by atoms with van der Waals surface area (Å²) >= 11 is 0. The minimum Gasteiger partial charge on any atom is -0.476 e. The van der Waals surface area contributed by atoms with Crippen LogP contribution in [0.5, 0.6) is 0 Å². The first-order valence-electron chi connectivity index (χ1n) is 11.4. The lowest BCUT2D eigenvalue weighted by molar-refractivity contribution is -0.189. The van der Waals surface area contributed by atoms with Crippen molar-refractivity contribution in [3.63, 3.8) is 0 Å². The molecule has 1 aliphatic heterocycles. The van der Waals surface area contributed by atoms with Crippen LogP contribution in [0.3, 0.4) is 0 Å². The number of esters is 4. The van der Waals surface area contributed by atoms with E-state index < -0.39 is 74.4 Å². The number of carbonyl (C=O) groups is 5. The van der Waals surface area contributed by atoms with E-state index in [2.05, 4.69) is 5.32 Å². The van der Waals surface area contributed by atoms with Gasteiger partial charge in [-0.15, -0.1) is 0 Å². The predicted octanol–water partition coefficient (Wildman–Crippen LogP) is 1.36. The molecule has 210 valence electrons. The number of carbonyl (C=O) groups excluding carboxylic acids is 5. The number of hydrogen-bond donors (Lipinski definition) is 1. The molecule has 0 radical (unpaired) electrons. The van der Waals surface area contributed by atoms with Crippen LogP contribution in [-0.2, 0) is 61.3 Å². The van der Waals surface area contributed by atoms with E-state index in [1.54, 1.807) is 13.8 Å². The lowest BCUT2D eigenvalue weighted by Crippen LogP contribution is -2.61. The van der Waals surface area contributed by atoms with Gasteiger partial charge in [-0.3, -0.25) is 28.5 Å². The molecule has 1 aliphatic rings. The molecule has 14 nitrogen and oxygen atoms in total. The van der Waals surface area contributed by atoms with Crippen molar-refractivity contribution in [1.82, 2.24) is 5.32 Å². The molecule has 0 aromatic carbocycles. The second kappa shape index (κ2) is 14.7. The van der Waals surface area contributed by atoms with Gasteiger partial charge in [0.15, 0.2) is 18.3 Å². The van der Waals surface area contributed by atoms with E-state index >= 15 is 0 Å². The molecule has 0 bridgehead atoms. The number of hydrogen-bond acceptors (Lipinski definition) is 13. The van der Waals surface area contributed by atoms with Crippen molar-refractivity contribution in [1.29, 1.82) is 0 Å². The van der Waals surface area contributed by atoms with Gasteiger partial charge in [0.2, 0.25) is 11.4 Å². The van der Waals surface area contributed by atoms with Crippen LogP contribution < -0.4 is 5.32 Å². The Kier molecular flexibility index (Phi) is 12.7. The Morgan fingerprint density at radius 2 is 1.49 bits per heavy atom. The topological polar surface area (TPSA) is 179 Å². The lowest BCUT2D eigenvalue weighted by Gasteiger charge is -2.42. The molecule has 0 aromatic heterocycles. The molecule has 1 rings (SSSR count). The van der Waals surface area contributed by atoms with Crippen molar-refractivity contribution >= 4 is 37.4 Å². The van der Waals surface area contributed by atoms with Crippen molar-refractivity contribution < 1.29 is 61.3 Å². The highest BCUT2D eigenvalue weighted by Gasteiger charge is 2.51. The molecule has 0 fully saturated rings. The average Bonchev–Trinajstić information content (AvgIpc) is 2.75. The SMILES string of the molecule is CCOP(=O)(OCC)C1=CC(OC(C)=O)C(NC(C)=O)C(C(OC(C)=O)C(COC(C)=O)OC(C)=O)O1. The Hall–Kier alpha value is -2.96. The van der Waals surface area contributed by atoms with Gasteiger partial charge >= 0.3 is 31.5 Å². The maximum Gasteiger partial charge on any atom is 0.395 e. The third kappa shape index (κ3) is 10.1. The zero-order chi connectivity index (χ0) is 28.3. The van der Waals surface area contributed by atoms with Crippen molar-refractivity contribution in [3.8, 4) is 0 Å². The molecule has 0 spiro atoms. The number of rotatable bonds is 13. The highest BCUT2D eigenvalue weighted by atomic mass is 31.2. The number of ether oxygens (including phenoxy) is 5. The average molecular weight is 551 g/mol. The smallest absolute Gasteiger partial charge is 0.395 e. The van der Waals surface area contributed by atoms with Gasteiger partial charge in [0.25, 0.3) is 0 Å². The fourth-order valence-corrected chi connectivity index (χ4v) is 5.06. The summed E-state index contributed by atoms with van der Waals surface area (Å²) in [5, 5.41) is 2.55. The third-order valence-electron chi connectivity index (χ3n) is 4.57. The third-order valence-corrected chi connectivity index (χ3v) is 6.56. The number of nitrogens with one attached hydrogen (secondary N) is 1. The van der Waals surface area contributed by atoms with E-state index in [1.807, 2.05) is 0 Å².